The number of aromatic carboxylic acids is 1. The number of halogens is 4. The fraction of sp³-hybridized carbons (Fsp3) is 0.333. The van der Waals surface area contributed by atoms with Crippen molar-refractivity contribution in [1.82, 2.24) is 29.2 Å². The van der Waals surface area contributed by atoms with E-state index in [1.54, 1.807) is 24.6 Å². The third-order valence-corrected chi connectivity index (χ3v) is 8.22. The molecule has 0 unspecified atom stereocenters. The molecule has 0 bridgehead atoms. The molecule has 10 nitrogen and oxygen atoms in total. The topological polar surface area (TPSA) is 124 Å². The maximum Gasteiger partial charge on any atom is 0.337 e. The minimum Gasteiger partial charge on any atom is -0.478 e. The fourth-order valence-electron chi connectivity index (χ4n) is 6.34. The highest BCUT2D eigenvalue weighted by Gasteiger charge is 2.25. The third-order valence-electron chi connectivity index (χ3n) is 8.22. The summed E-state index contributed by atoms with van der Waals surface area (Å²) in [5, 5.41) is 17.9. The predicted octanol–water partition coefficient (Wildman–Crippen LogP) is 8.80. The van der Waals surface area contributed by atoms with Gasteiger partial charge in [0.2, 0.25) is 0 Å². The predicted molar refractivity (Wildman–Crippen MR) is 191 cm³/mol. The van der Waals surface area contributed by atoms with E-state index >= 15 is 0 Å². The second-order valence-corrected chi connectivity index (χ2v) is 14.3. The molecule has 6 rings (SSSR count). The van der Waals surface area contributed by atoms with Gasteiger partial charge in [0.25, 0.3) is 0 Å². The minimum atomic E-state index is -1.09. The highest BCUT2D eigenvalue weighted by Crippen LogP contribution is 2.33. The molecule has 2 aromatic carbocycles. The number of imidazole rings is 2. The number of hydrogen-bond acceptors (Lipinski definition) is 7. The molecule has 0 aliphatic heterocycles. The summed E-state index contributed by atoms with van der Waals surface area (Å²) in [5.41, 5.74) is 5.26. The monoisotopic (exact) mass is 732 g/mol. The Balaban J connectivity index is 0.000000208. The first-order valence-corrected chi connectivity index (χ1v) is 16.9. The maximum atomic E-state index is 13.8. The molecular formula is C39H40F4N6O4. The lowest BCUT2D eigenvalue weighted by Gasteiger charge is -2.20. The van der Waals surface area contributed by atoms with Gasteiger partial charge >= 0.3 is 11.9 Å². The molecule has 0 aliphatic carbocycles. The molecule has 0 atom stereocenters. The van der Waals surface area contributed by atoms with Crippen molar-refractivity contribution in [2.75, 3.05) is 0 Å². The van der Waals surface area contributed by atoms with Crippen molar-refractivity contribution in [2.45, 2.75) is 86.2 Å². The maximum absolute atomic E-state index is 13.8. The summed E-state index contributed by atoms with van der Waals surface area (Å²) in [6, 6.07) is 6.52. The zero-order chi connectivity index (χ0) is 39.1. The number of fused-ring (bicyclic) bond motifs is 2. The largest absolute Gasteiger partial charge is 0.478 e. The third kappa shape index (κ3) is 8.21. The lowest BCUT2D eigenvalue weighted by molar-refractivity contribution is -0.153. The molecule has 1 N–H and O–H groups in total. The van der Waals surface area contributed by atoms with Gasteiger partial charge in [0, 0.05) is 34.4 Å². The van der Waals surface area contributed by atoms with E-state index in [9.17, 15) is 32.3 Å². The van der Waals surface area contributed by atoms with Crippen LogP contribution >= 0.6 is 0 Å². The molecule has 0 amide bonds. The Bertz CT molecular complexity index is 2340. The number of carbonyl (C=O) groups is 2. The summed E-state index contributed by atoms with van der Waals surface area (Å²) in [5.74, 6) is -4.23. The van der Waals surface area contributed by atoms with Crippen LogP contribution in [-0.2, 0) is 16.0 Å². The van der Waals surface area contributed by atoms with Gasteiger partial charge in [-0.25, -0.2) is 41.4 Å². The smallest absolute Gasteiger partial charge is 0.337 e. The van der Waals surface area contributed by atoms with Gasteiger partial charge in [-0.15, -0.1) is 0 Å². The number of aromatic nitrogens is 6. The molecule has 14 heteroatoms. The average Bonchev–Trinajstić information content (AvgIpc) is 3.53. The summed E-state index contributed by atoms with van der Waals surface area (Å²) in [4.78, 5) is 32.8. The van der Waals surface area contributed by atoms with Gasteiger partial charge in [-0.3, -0.25) is 4.79 Å². The summed E-state index contributed by atoms with van der Waals surface area (Å²) in [6.45, 7) is 16.6. The average molecular weight is 733 g/mol. The van der Waals surface area contributed by atoms with Crippen molar-refractivity contribution in [3.05, 3.63) is 106 Å². The van der Waals surface area contributed by atoms with Crippen LogP contribution in [0.1, 0.15) is 98.7 Å². The fourth-order valence-corrected chi connectivity index (χ4v) is 6.34. The number of nitrogens with zero attached hydrogens (tertiary/aromatic N) is 6. The molecule has 4 aromatic heterocycles. The van der Waals surface area contributed by atoms with E-state index in [4.69, 9.17) is 4.74 Å². The van der Waals surface area contributed by atoms with Crippen molar-refractivity contribution < 1.29 is 37.0 Å². The molecule has 0 saturated carbocycles. The van der Waals surface area contributed by atoms with Crippen LogP contribution < -0.4 is 0 Å². The van der Waals surface area contributed by atoms with Gasteiger partial charge in [-0.05, 0) is 76.3 Å². The SMILES string of the molecule is Cc1nc2c(C(C)C)c(C(=O)O)cnn2c1-c1cc(F)cc(F)c1.Cc1nc2c(C(C)C)c(CC(=O)OC(C)(C)C)cnn2c1-c1cc(F)cc(F)c1. The summed E-state index contributed by atoms with van der Waals surface area (Å²) in [7, 11) is 0. The van der Waals surface area contributed by atoms with Crippen LogP contribution in [-0.4, -0.2) is 51.8 Å². The number of hydrogen-bond donors (Lipinski definition) is 1. The van der Waals surface area contributed by atoms with Crippen molar-refractivity contribution in [2.24, 2.45) is 0 Å². The zero-order valence-corrected chi connectivity index (χ0v) is 30.8. The highest BCUT2D eigenvalue weighted by molar-refractivity contribution is 5.91. The number of carboxylic acids is 1. The van der Waals surface area contributed by atoms with E-state index in [0.717, 1.165) is 23.3 Å². The molecule has 0 fully saturated rings. The van der Waals surface area contributed by atoms with E-state index in [2.05, 4.69) is 20.2 Å². The van der Waals surface area contributed by atoms with Crippen molar-refractivity contribution in [3.8, 4) is 22.5 Å². The molecule has 0 aliphatic rings. The highest BCUT2D eigenvalue weighted by atomic mass is 19.1. The summed E-state index contributed by atoms with van der Waals surface area (Å²) in [6.07, 6.45) is 2.92. The lowest BCUT2D eigenvalue weighted by atomic mass is 9.98. The Morgan fingerprint density at radius 3 is 1.53 bits per heavy atom. The number of carboxylic acid groups (broad SMARTS) is 1. The van der Waals surface area contributed by atoms with Crippen molar-refractivity contribution >= 4 is 23.2 Å². The number of carbonyl (C=O) groups excluding carboxylic acids is 1. The van der Waals surface area contributed by atoms with Gasteiger partial charge < -0.3 is 9.84 Å². The number of aryl methyl sites for hydroxylation is 2. The van der Waals surface area contributed by atoms with Crippen LogP contribution in [0.2, 0.25) is 0 Å². The standard InChI is InChI=1S/C22H25F2N3O2.C17H15F2N3O2/c1-12(2)19-15(9-18(28)29-22(4,5)6)11-25-27-20(13(3)26-21(19)27)14-7-16(23)10-17(24)8-14;1-8(2)14-13(17(23)24)7-20-22-15(9(3)21-16(14)22)10-4-11(18)6-12(19)5-10/h7-8,10-12H,9H2,1-6H3;4-8H,1-3H3,(H,23,24). The van der Waals surface area contributed by atoms with Crippen LogP contribution in [0, 0.1) is 37.1 Å². The van der Waals surface area contributed by atoms with Crippen LogP contribution in [0.15, 0.2) is 48.8 Å². The first kappa shape index (κ1) is 38.6. The van der Waals surface area contributed by atoms with Crippen molar-refractivity contribution in [3.63, 3.8) is 0 Å². The Morgan fingerprint density at radius 1 is 0.717 bits per heavy atom. The zero-order valence-electron chi connectivity index (χ0n) is 30.8. The quantitative estimate of drug-likeness (QED) is 0.128. The number of rotatable bonds is 7. The Labute approximate surface area is 303 Å². The first-order chi connectivity index (χ1) is 24.7. The molecule has 0 spiro atoms. The van der Waals surface area contributed by atoms with E-state index in [1.165, 1.54) is 35.0 Å². The molecule has 6 aromatic rings. The van der Waals surface area contributed by atoms with Gasteiger partial charge in [-0.2, -0.15) is 10.2 Å². The van der Waals surface area contributed by atoms with Crippen LogP contribution in [0.3, 0.4) is 0 Å². The number of esters is 1. The second-order valence-electron chi connectivity index (χ2n) is 14.3. The normalized spacial score (nSPS) is 11.8. The number of ether oxygens (including phenoxy) is 1. The van der Waals surface area contributed by atoms with Crippen LogP contribution in [0.4, 0.5) is 17.6 Å². The van der Waals surface area contributed by atoms with E-state index in [0.29, 0.717) is 50.8 Å². The summed E-state index contributed by atoms with van der Waals surface area (Å²) < 4.78 is 63.1. The Morgan fingerprint density at radius 2 is 1.13 bits per heavy atom. The van der Waals surface area contributed by atoms with Gasteiger partial charge in [0.1, 0.15) is 28.9 Å². The molecule has 53 heavy (non-hydrogen) atoms. The Kier molecular flexibility index (Phi) is 10.7. The molecule has 0 saturated heterocycles. The molecule has 4 heterocycles. The lowest BCUT2D eigenvalue weighted by Crippen LogP contribution is -2.25. The molecule has 0 radical (unpaired) electrons. The van der Waals surface area contributed by atoms with Gasteiger partial charge in [-0.1, -0.05) is 27.7 Å². The molecule has 278 valence electrons. The van der Waals surface area contributed by atoms with E-state index in [1.807, 2.05) is 48.5 Å². The molecular weight excluding hydrogens is 692 g/mol. The van der Waals surface area contributed by atoms with Crippen molar-refractivity contribution in [1.29, 1.82) is 0 Å². The van der Waals surface area contributed by atoms with E-state index in [-0.39, 0.29) is 29.8 Å². The van der Waals surface area contributed by atoms with Crippen LogP contribution in [0.25, 0.3) is 33.8 Å². The Hall–Kier alpha value is -5.66. The van der Waals surface area contributed by atoms with Crippen LogP contribution in [0.5, 0.6) is 0 Å². The number of benzene rings is 2. The van der Waals surface area contributed by atoms with Gasteiger partial charge in [0.15, 0.2) is 11.3 Å². The second kappa shape index (κ2) is 14.8. The summed E-state index contributed by atoms with van der Waals surface area (Å²) >= 11 is 0. The first-order valence-electron chi connectivity index (χ1n) is 16.9. The minimum absolute atomic E-state index is 0.0526. The van der Waals surface area contributed by atoms with E-state index < -0.39 is 34.8 Å². The van der Waals surface area contributed by atoms with Gasteiger partial charge in [0.05, 0.1) is 47.2 Å².